The molecule has 0 amide bonds. The van der Waals surface area contributed by atoms with Gasteiger partial charge in [0.25, 0.3) is 0 Å². The Kier molecular flexibility index (Phi) is 3.79. The highest BCUT2D eigenvalue weighted by Gasteiger charge is 2.59. The van der Waals surface area contributed by atoms with E-state index in [4.69, 9.17) is 4.74 Å². The van der Waals surface area contributed by atoms with E-state index in [0.29, 0.717) is 30.5 Å². The summed E-state index contributed by atoms with van der Waals surface area (Å²) in [5.41, 5.74) is -0.415. The standard InChI is InChI=1S/C15H29NO2/c1-6-10(2)15(5,17)9-16-12-11-7-8-18-13(11)14(12,3)4/h10-13,16-17H,6-9H2,1-5H3. The summed E-state index contributed by atoms with van der Waals surface area (Å²) in [6.07, 6.45) is 2.60. The zero-order chi connectivity index (χ0) is 13.6. The lowest BCUT2D eigenvalue weighted by Crippen LogP contribution is -2.67. The van der Waals surface area contributed by atoms with Crippen molar-refractivity contribution in [3.63, 3.8) is 0 Å². The first-order valence-electron chi connectivity index (χ1n) is 7.38. The van der Waals surface area contributed by atoms with Gasteiger partial charge in [-0.1, -0.05) is 34.1 Å². The Bertz CT molecular complexity index is 301. The number of ether oxygens (including phenoxy) is 1. The van der Waals surface area contributed by atoms with Gasteiger partial charge >= 0.3 is 0 Å². The number of nitrogens with one attached hydrogen (secondary N) is 1. The second kappa shape index (κ2) is 4.77. The normalized spacial score (nSPS) is 38.7. The fourth-order valence-corrected chi connectivity index (χ4v) is 3.67. The molecule has 18 heavy (non-hydrogen) atoms. The summed E-state index contributed by atoms with van der Waals surface area (Å²) >= 11 is 0. The molecule has 0 aromatic carbocycles. The Labute approximate surface area is 111 Å². The van der Waals surface area contributed by atoms with Crippen LogP contribution in [0.4, 0.5) is 0 Å². The number of aliphatic hydroxyl groups is 1. The monoisotopic (exact) mass is 255 g/mol. The van der Waals surface area contributed by atoms with E-state index < -0.39 is 5.60 Å². The Morgan fingerprint density at radius 1 is 1.50 bits per heavy atom. The second-order valence-corrected chi connectivity index (χ2v) is 7.09. The lowest BCUT2D eigenvalue weighted by molar-refractivity contribution is -0.119. The Hall–Kier alpha value is -0.120. The van der Waals surface area contributed by atoms with Gasteiger partial charge in [-0.3, -0.25) is 0 Å². The van der Waals surface area contributed by atoms with Crippen LogP contribution in [-0.4, -0.2) is 36.0 Å². The van der Waals surface area contributed by atoms with Crippen LogP contribution >= 0.6 is 0 Å². The van der Waals surface area contributed by atoms with Gasteiger partial charge in [0.2, 0.25) is 0 Å². The summed E-state index contributed by atoms with van der Waals surface area (Å²) in [7, 11) is 0. The summed E-state index contributed by atoms with van der Waals surface area (Å²) in [6.45, 7) is 12.3. The van der Waals surface area contributed by atoms with Gasteiger partial charge in [0.15, 0.2) is 0 Å². The molecule has 106 valence electrons. The molecule has 1 heterocycles. The molecular formula is C15H29NO2. The van der Waals surface area contributed by atoms with Crippen molar-refractivity contribution in [1.29, 1.82) is 0 Å². The topological polar surface area (TPSA) is 41.5 Å². The van der Waals surface area contributed by atoms with Crippen molar-refractivity contribution in [2.45, 2.75) is 65.2 Å². The Morgan fingerprint density at radius 2 is 2.17 bits per heavy atom. The number of hydrogen-bond donors (Lipinski definition) is 2. The van der Waals surface area contributed by atoms with Crippen molar-refractivity contribution in [1.82, 2.24) is 5.32 Å². The fraction of sp³-hybridized carbons (Fsp3) is 1.00. The molecule has 2 rings (SSSR count). The van der Waals surface area contributed by atoms with Crippen molar-refractivity contribution < 1.29 is 9.84 Å². The first-order valence-corrected chi connectivity index (χ1v) is 7.38. The molecule has 2 N–H and O–H groups in total. The van der Waals surface area contributed by atoms with E-state index in [1.165, 1.54) is 0 Å². The van der Waals surface area contributed by atoms with E-state index in [1.807, 2.05) is 6.92 Å². The van der Waals surface area contributed by atoms with Gasteiger partial charge in [-0.15, -0.1) is 0 Å². The third-order valence-corrected chi connectivity index (χ3v) is 5.45. The van der Waals surface area contributed by atoms with Crippen LogP contribution in [-0.2, 0) is 4.74 Å². The smallest absolute Gasteiger partial charge is 0.0768 e. The van der Waals surface area contributed by atoms with Gasteiger partial charge in [-0.2, -0.15) is 0 Å². The maximum Gasteiger partial charge on any atom is 0.0768 e. The second-order valence-electron chi connectivity index (χ2n) is 7.09. The van der Waals surface area contributed by atoms with Crippen LogP contribution in [0.1, 0.15) is 47.5 Å². The van der Waals surface area contributed by atoms with Crippen molar-refractivity contribution in [3.05, 3.63) is 0 Å². The fourth-order valence-electron chi connectivity index (χ4n) is 3.67. The lowest BCUT2D eigenvalue weighted by Gasteiger charge is -2.55. The molecule has 0 aromatic rings. The van der Waals surface area contributed by atoms with Crippen LogP contribution < -0.4 is 5.32 Å². The molecular weight excluding hydrogens is 226 g/mol. The van der Waals surface area contributed by atoms with Crippen molar-refractivity contribution in [2.75, 3.05) is 13.2 Å². The molecule has 0 spiro atoms. The van der Waals surface area contributed by atoms with E-state index in [1.54, 1.807) is 0 Å². The Morgan fingerprint density at radius 3 is 2.78 bits per heavy atom. The molecule has 5 atom stereocenters. The highest BCUT2D eigenvalue weighted by atomic mass is 16.5. The third-order valence-electron chi connectivity index (χ3n) is 5.45. The van der Waals surface area contributed by atoms with Crippen LogP contribution in [0, 0.1) is 17.3 Å². The molecule has 1 saturated heterocycles. The quantitative estimate of drug-likeness (QED) is 0.791. The molecule has 1 saturated carbocycles. The van der Waals surface area contributed by atoms with Crippen molar-refractivity contribution in [3.8, 4) is 0 Å². The number of rotatable bonds is 5. The van der Waals surface area contributed by atoms with Crippen LogP contribution in [0.3, 0.4) is 0 Å². The van der Waals surface area contributed by atoms with Gasteiger partial charge in [0.05, 0.1) is 11.7 Å². The average Bonchev–Trinajstić information content (AvgIpc) is 2.74. The molecule has 1 aliphatic heterocycles. The molecule has 2 aliphatic rings. The maximum absolute atomic E-state index is 10.5. The summed E-state index contributed by atoms with van der Waals surface area (Å²) in [4.78, 5) is 0. The highest BCUT2D eigenvalue weighted by Crippen LogP contribution is 2.52. The minimum Gasteiger partial charge on any atom is -0.389 e. The molecule has 0 radical (unpaired) electrons. The SMILES string of the molecule is CCC(C)C(C)(O)CNC1C2CCOC2C1(C)C. The molecule has 0 bridgehead atoms. The zero-order valence-electron chi connectivity index (χ0n) is 12.5. The molecule has 0 aromatic heterocycles. The first kappa shape index (κ1) is 14.3. The first-order chi connectivity index (χ1) is 8.30. The Balaban J connectivity index is 1.91. The lowest BCUT2D eigenvalue weighted by atomic mass is 9.57. The van der Waals surface area contributed by atoms with E-state index in [0.717, 1.165) is 19.4 Å². The van der Waals surface area contributed by atoms with Crippen LogP contribution in [0.25, 0.3) is 0 Å². The van der Waals surface area contributed by atoms with Gasteiger partial charge in [-0.05, 0) is 19.3 Å². The van der Waals surface area contributed by atoms with E-state index in [2.05, 4.69) is 33.0 Å². The van der Waals surface area contributed by atoms with Gasteiger partial charge in [0.1, 0.15) is 0 Å². The minimum absolute atomic E-state index is 0.201. The summed E-state index contributed by atoms with van der Waals surface area (Å²) in [5.74, 6) is 0.969. The zero-order valence-corrected chi connectivity index (χ0v) is 12.5. The maximum atomic E-state index is 10.5. The summed E-state index contributed by atoms with van der Waals surface area (Å²) < 4.78 is 5.80. The minimum atomic E-state index is -0.616. The number of fused-ring (bicyclic) bond motifs is 1. The molecule has 1 aliphatic carbocycles. The summed E-state index contributed by atoms with van der Waals surface area (Å²) in [5, 5.41) is 14.1. The van der Waals surface area contributed by atoms with Crippen LogP contribution in [0.5, 0.6) is 0 Å². The van der Waals surface area contributed by atoms with Gasteiger partial charge < -0.3 is 15.2 Å². The van der Waals surface area contributed by atoms with E-state index in [9.17, 15) is 5.11 Å². The number of hydrogen-bond acceptors (Lipinski definition) is 3. The largest absolute Gasteiger partial charge is 0.389 e. The van der Waals surface area contributed by atoms with Gasteiger partial charge in [0, 0.05) is 30.5 Å². The van der Waals surface area contributed by atoms with Crippen molar-refractivity contribution >= 4 is 0 Å². The molecule has 5 unspecified atom stereocenters. The van der Waals surface area contributed by atoms with E-state index >= 15 is 0 Å². The van der Waals surface area contributed by atoms with Crippen LogP contribution in [0.2, 0.25) is 0 Å². The molecule has 2 fully saturated rings. The average molecular weight is 255 g/mol. The van der Waals surface area contributed by atoms with Gasteiger partial charge in [-0.25, -0.2) is 0 Å². The molecule has 3 nitrogen and oxygen atoms in total. The third kappa shape index (κ3) is 2.21. The summed E-state index contributed by atoms with van der Waals surface area (Å²) in [6, 6.07) is 0.487. The molecule has 3 heteroatoms. The van der Waals surface area contributed by atoms with E-state index in [-0.39, 0.29) is 5.41 Å². The predicted molar refractivity (Wildman–Crippen MR) is 73.5 cm³/mol. The highest BCUT2D eigenvalue weighted by molar-refractivity contribution is 5.11. The van der Waals surface area contributed by atoms with Crippen LogP contribution in [0.15, 0.2) is 0 Å². The van der Waals surface area contributed by atoms with Crippen molar-refractivity contribution in [2.24, 2.45) is 17.3 Å². The predicted octanol–water partition coefficient (Wildman–Crippen LogP) is 2.19.